The Morgan fingerprint density at radius 3 is 2.29 bits per heavy atom. The Bertz CT molecular complexity index is 611. The van der Waals surface area contributed by atoms with Crippen LogP contribution in [0.25, 0.3) is 0 Å². The second-order valence-electron chi connectivity index (χ2n) is 4.89. The maximum atomic E-state index is 5.39. The van der Waals surface area contributed by atoms with E-state index < -0.39 is 0 Å². The summed E-state index contributed by atoms with van der Waals surface area (Å²) >= 11 is 0. The molecule has 0 spiro atoms. The van der Waals surface area contributed by atoms with Crippen molar-refractivity contribution in [3.05, 3.63) is 24.3 Å². The largest absolute Gasteiger partial charge is 0.378 e. The molecule has 1 aromatic carbocycles. The van der Waals surface area contributed by atoms with E-state index in [4.69, 9.17) is 5.84 Å². The number of rotatable bonds is 5. The van der Waals surface area contributed by atoms with Crippen molar-refractivity contribution >= 4 is 29.2 Å². The minimum Gasteiger partial charge on any atom is -0.378 e. The minimum atomic E-state index is 0.306. The third kappa shape index (κ3) is 3.69. The molecule has 0 unspecified atom stereocenters. The highest BCUT2D eigenvalue weighted by Gasteiger charge is 2.08. The highest BCUT2D eigenvalue weighted by Crippen LogP contribution is 2.21. The first-order valence-corrected chi connectivity index (χ1v) is 6.44. The van der Waals surface area contributed by atoms with Crippen LogP contribution in [0.1, 0.15) is 0 Å². The van der Waals surface area contributed by atoms with Gasteiger partial charge < -0.3 is 15.1 Å². The van der Waals surface area contributed by atoms with E-state index in [2.05, 4.69) is 25.7 Å². The fourth-order valence-electron chi connectivity index (χ4n) is 1.68. The van der Waals surface area contributed by atoms with E-state index in [1.807, 2.05) is 57.4 Å². The molecule has 1 heterocycles. The fourth-order valence-corrected chi connectivity index (χ4v) is 1.68. The molecule has 8 nitrogen and oxygen atoms in total. The van der Waals surface area contributed by atoms with Crippen molar-refractivity contribution in [1.82, 2.24) is 15.0 Å². The van der Waals surface area contributed by atoms with Crippen molar-refractivity contribution in [1.29, 1.82) is 0 Å². The Morgan fingerprint density at radius 2 is 1.67 bits per heavy atom. The molecule has 0 aliphatic carbocycles. The van der Waals surface area contributed by atoms with E-state index in [9.17, 15) is 0 Å². The predicted molar refractivity (Wildman–Crippen MR) is 86.0 cm³/mol. The molecule has 2 rings (SSSR count). The molecule has 112 valence electrons. The van der Waals surface area contributed by atoms with Crippen molar-refractivity contribution < 1.29 is 0 Å². The third-order valence-corrected chi connectivity index (χ3v) is 2.77. The molecule has 0 fully saturated rings. The topological polar surface area (TPSA) is 95.2 Å². The van der Waals surface area contributed by atoms with Crippen molar-refractivity contribution in [3.8, 4) is 0 Å². The molecule has 2 aromatic rings. The lowest BCUT2D eigenvalue weighted by Crippen LogP contribution is -2.18. The van der Waals surface area contributed by atoms with Gasteiger partial charge in [0, 0.05) is 39.6 Å². The summed E-state index contributed by atoms with van der Waals surface area (Å²) < 4.78 is 0. The maximum absolute atomic E-state index is 5.39. The number of benzene rings is 1. The quantitative estimate of drug-likeness (QED) is 0.555. The zero-order chi connectivity index (χ0) is 15.4. The summed E-state index contributed by atoms with van der Waals surface area (Å²) in [5.74, 6) is 6.64. The van der Waals surface area contributed by atoms with Crippen LogP contribution in [-0.4, -0.2) is 43.1 Å². The van der Waals surface area contributed by atoms with E-state index in [-0.39, 0.29) is 0 Å². The second-order valence-corrected chi connectivity index (χ2v) is 4.89. The number of nitrogens with two attached hydrogens (primary N) is 1. The summed E-state index contributed by atoms with van der Waals surface area (Å²) in [5.41, 5.74) is 4.41. The molecule has 21 heavy (non-hydrogen) atoms. The number of nitrogens with one attached hydrogen (secondary N) is 2. The number of hydrogen-bond donors (Lipinski definition) is 3. The van der Waals surface area contributed by atoms with Gasteiger partial charge in [-0.2, -0.15) is 15.0 Å². The van der Waals surface area contributed by atoms with Crippen LogP contribution in [0.5, 0.6) is 0 Å². The maximum Gasteiger partial charge on any atom is 0.243 e. The monoisotopic (exact) mass is 288 g/mol. The lowest BCUT2D eigenvalue weighted by atomic mass is 10.2. The van der Waals surface area contributed by atoms with Crippen LogP contribution >= 0.6 is 0 Å². The Morgan fingerprint density at radius 1 is 0.952 bits per heavy atom. The van der Waals surface area contributed by atoms with Crippen molar-refractivity contribution in [3.63, 3.8) is 0 Å². The summed E-state index contributed by atoms with van der Waals surface area (Å²) in [6, 6.07) is 7.95. The lowest BCUT2D eigenvalue weighted by Gasteiger charge is -2.15. The molecule has 0 bridgehead atoms. The van der Waals surface area contributed by atoms with Crippen LogP contribution in [0.3, 0.4) is 0 Å². The number of nitrogen functional groups attached to an aromatic ring is 1. The SMILES string of the molecule is CN(C)c1cccc(Nc2nc(NN)nc(N(C)C)n2)c1. The summed E-state index contributed by atoms with van der Waals surface area (Å²) in [4.78, 5) is 16.5. The van der Waals surface area contributed by atoms with E-state index in [0.717, 1.165) is 11.4 Å². The summed E-state index contributed by atoms with van der Waals surface area (Å²) in [5, 5.41) is 3.16. The van der Waals surface area contributed by atoms with Crippen LogP contribution in [0.15, 0.2) is 24.3 Å². The number of nitrogens with zero attached hydrogens (tertiary/aromatic N) is 5. The zero-order valence-electron chi connectivity index (χ0n) is 12.6. The van der Waals surface area contributed by atoms with E-state index in [0.29, 0.717) is 17.8 Å². The third-order valence-electron chi connectivity index (χ3n) is 2.77. The molecule has 8 heteroatoms. The van der Waals surface area contributed by atoms with Crippen LogP contribution in [-0.2, 0) is 0 Å². The van der Waals surface area contributed by atoms with Gasteiger partial charge in [-0.1, -0.05) is 6.07 Å². The summed E-state index contributed by atoms with van der Waals surface area (Å²) in [6.07, 6.45) is 0. The Labute approximate surface area is 124 Å². The molecule has 1 aromatic heterocycles. The Balaban J connectivity index is 2.30. The molecule has 0 aliphatic rings. The molecule has 0 atom stereocenters. The van der Waals surface area contributed by atoms with Gasteiger partial charge in [-0.05, 0) is 18.2 Å². The normalized spacial score (nSPS) is 10.1. The van der Waals surface area contributed by atoms with E-state index in [1.54, 1.807) is 4.90 Å². The number of hydrazine groups is 1. The van der Waals surface area contributed by atoms with Gasteiger partial charge >= 0.3 is 0 Å². The van der Waals surface area contributed by atoms with Gasteiger partial charge in [-0.15, -0.1) is 0 Å². The van der Waals surface area contributed by atoms with Gasteiger partial charge in [0.2, 0.25) is 17.8 Å². The van der Waals surface area contributed by atoms with Gasteiger partial charge in [0.15, 0.2) is 0 Å². The smallest absolute Gasteiger partial charge is 0.243 e. The molecular formula is C13H20N8. The van der Waals surface area contributed by atoms with E-state index >= 15 is 0 Å². The van der Waals surface area contributed by atoms with Crippen molar-refractivity contribution in [2.24, 2.45) is 5.84 Å². The first-order chi connectivity index (χ1) is 9.99. The highest BCUT2D eigenvalue weighted by molar-refractivity contribution is 5.62. The predicted octanol–water partition coefficient (Wildman–Crippen LogP) is 1.03. The van der Waals surface area contributed by atoms with Crippen LogP contribution in [0.4, 0.5) is 29.2 Å². The molecule has 0 saturated carbocycles. The zero-order valence-corrected chi connectivity index (χ0v) is 12.6. The average molecular weight is 288 g/mol. The standard InChI is InChI=1S/C13H20N8/c1-20(2)10-7-5-6-9(8-10)15-11-16-12(19-14)18-13(17-11)21(3)4/h5-8H,14H2,1-4H3,(H2,15,16,17,18,19). The molecule has 0 saturated heterocycles. The first kappa shape index (κ1) is 14.8. The Kier molecular flexibility index (Phi) is 4.39. The summed E-state index contributed by atoms with van der Waals surface area (Å²) in [7, 11) is 7.68. The van der Waals surface area contributed by atoms with Crippen LogP contribution in [0, 0.1) is 0 Å². The molecule has 4 N–H and O–H groups in total. The van der Waals surface area contributed by atoms with Crippen molar-refractivity contribution in [2.75, 3.05) is 48.7 Å². The fraction of sp³-hybridized carbons (Fsp3) is 0.308. The molecule has 0 amide bonds. The van der Waals surface area contributed by atoms with Gasteiger partial charge in [-0.3, -0.25) is 5.43 Å². The Hall–Kier alpha value is -2.61. The number of hydrogen-bond acceptors (Lipinski definition) is 8. The molecule has 0 radical (unpaired) electrons. The van der Waals surface area contributed by atoms with Gasteiger partial charge in [0.05, 0.1) is 0 Å². The molecule has 0 aliphatic heterocycles. The van der Waals surface area contributed by atoms with Crippen molar-refractivity contribution in [2.45, 2.75) is 0 Å². The van der Waals surface area contributed by atoms with Crippen LogP contribution < -0.4 is 26.4 Å². The summed E-state index contributed by atoms with van der Waals surface area (Å²) in [6.45, 7) is 0. The number of aromatic nitrogens is 3. The van der Waals surface area contributed by atoms with E-state index in [1.165, 1.54) is 0 Å². The lowest BCUT2D eigenvalue weighted by molar-refractivity contribution is 0.957. The minimum absolute atomic E-state index is 0.306. The van der Waals surface area contributed by atoms with Gasteiger partial charge in [0.25, 0.3) is 0 Å². The number of anilines is 5. The second kappa shape index (κ2) is 6.23. The first-order valence-electron chi connectivity index (χ1n) is 6.44. The molecular weight excluding hydrogens is 268 g/mol. The van der Waals surface area contributed by atoms with Gasteiger partial charge in [0.1, 0.15) is 0 Å². The highest BCUT2D eigenvalue weighted by atomic mass is 15.4. The van der Waals surface area contributed by atoms with Crippen LogP contribution in [0.2, 0.25) is 0 Å². The average Bonchev–Trinajstić information content (AvgIpc) is 2.47. The van der Waals surface area contributed by atoms with Gasteiger partial charge in [-0.25, -0.2) is 5.84 Å².